The van der Waals surface area contributed by atoms with Crippen molar-refractivity contribution in [3.8, 4) is 0 Å². The van der Waals surface area contributed by atoms with Gasteiger partial charge < -0.3 is 10.0 Å². The number of rotatable bonds is 1. The van der Waals surface area contributed by atoms with Gasteiger partial charge in [0.2, 0.25) is 0 Å². The fourth-order valence-corrected chi connectivity index (χ4v) is 3.92. The Hall–Kier alpha value is -1.55. The van der Waals surface area contributed by atoms with Crippen molar-refractivity contribution in [1.82, 2.24) is 0 Å². The predicted octanol–water partition coefficient (Wildman–Crippen LogP) is 4.24. The highest BCUT2D eigenvalue weighted by molar-refractivity contribution is 6.42. The number of amidine groups is 1. The fraction of sp³-hybridized carbons (Fsp3) is 0.278. The summed E-state index contributed by atoms with van der Waals surface area (Å²) in [5.74, 6) is 0.653. The maximum atomic E-state index is 11.7. The van der Waals surface area contributed by atoms with Crippen molar-refractivity contribution >= 4 is 34.7 Å². The van der Waals surface area contributed by atoms with Gasteiger partial charge in [-0.05, 0) is 25.0 Å². The van der Waals surface area contributed by atoms with E-state index < -0.39 is 5.60 Å². The van der Waals surface area contributed by atoms with Gasteiger partial charge in [0, 0.05) is 29.9 Å². The second kappa shape index (κ2) is 5.52. The van der Waals surface area contributed by atoms with Gasteiger partial charge in [-0.2, -0.15) is 0 Å². The number of para-hydroxylation sites is 1. The zero-order valence-corrected chi connectivity index (χ0v) is 14.0. The zero-order chi connectivity index (χ0) is 16.0. The largest absolute Gasteiger partial charge is 0.373 e. The number of hydrogen-bond acceptors (Lipinski definition) is 3. The van der Waals surface area contributed by atoms with E-state index in [1.54, 1.807) is 6.07 Å². The Labute approximate surface area is 145 Å². The zero-order valence-electron chi connectivity index (χ0n) is 12.5. The van der Waals surface area contributed by atoms with E-state index in [0.29, 0.717) is 28.0 Å². The van der Waals surface area contributed by atoms with Crippen LogP contribution in [0.5, 0.6) is 0 Å². The van der Waals surface area contributed by atoms with E-state index in [1.165, 1.54) is 0 Å². The van der Waals surface area contributed by atoms with Crippen molar-refractivity contribution in [2.45, 2.75) is 18.4 Å². The third-order valence-electron chi connectivity index (χ3n) is 4.56. The summed E-state index contributed by atoms with van der Waals surface area (Å²) < 4.78 is 0. The Morgan fingerprint density at radius 1 is 1.00 bits per heavy atom. The number of nitrogens with zero attached hydrogens (tertiary/aromatic N) is 2. The number of halogens is 2. The van der Waals surface area contributed by atoms with E-state index in [4.69, 9.17) is 28.2 Å². The van der Waals surface area contributed by atoms with E-state index >= 15 is 0 Å². The van der Waals surface area contributed by atoms with Crippen molar-refractivity contribution in [1.29, 1.82) is 0 Å². The molecule has 0 saturated heterocycles. The topological polar surface area (TPSA) is 35.8 Å². The SMILES string of the molecule is OC1(c2cccc(Cl)c2Cl)C2=NCCCCN2c2ccccc21. The van der Waals surface area contributed by atoms with Crippen LogP contribution in [0.2, 0.25) is 10.0 Å². The molecule has 0 aliphatic carbocycles. The van der Waals surface area contributed by atoms with Crippen molar-refractivity contribution in [2.75, 3.05) is 18.0 Å². The van der Waals surface area contributed by atoms with Gasteiger partial charge in [-0.25, -0.2) is 0 Å². The molecule has 2 aliphatic rings. The highest BCUT2D eigenvalue weighted by atomic mass is 35.5. The average Bonchev–Trinajstić information content (AvgIpc) is 2.73. The molecule has 0 bridgehead atoms. The van der Waals surface area contributed by atoms with Gasteiger partial charge in [0.25, 0.3) is 0 Å². The molecule has 3 nitrogen and oxygen atoms in total. The lowest BCUT2D eigenvalue weighted by molar-refractivity contribution is 0.159. The van der Waals surface area contributed by atoms with Crippen LogP contribution in [0, 0.1) is 0 Å². The van der Waals surface area contributed by atoms with Crippen LogP contribution in [-0.4, -0.2) is 24.0 Å². The lowest BCUT2D eigenvalue weighted by atomic mass is 9.87. The normalized spacial score (nSPS) is 23.1. The van der Waals surface area contributed by atoms with Crippen LogP contribution in [0.3, 0.4) is 0 Å². The molecule has 2 aromatic rings. The Balaban J connectivity index is 2.02. The first-order valence-electron chi connectivity index (χ1n) is 7.73. The highest BCUT2D eigenvalue weighted by Gasteiger charge is 2.50. The molecule has 1 unspecified atom stereocenters. The van der Waals surface area contributed by atoms with Crippen molar-refractivity contribution in [3.63, 3.8) is 0 Å². The summed E-state index contributed by atoms with van der Waals surface area (Å²) in [5, 5.41) is 12.5. The van der Waals surface area contributed by atoms with Crippen LogP contribution in [0.15, 0.2) is 47.5 Å². The molecule has 0 spiro atoms. The second-order valence-corrected chi connectivity index (χ2v) is 6.68. The summed E-state index contributed by atoms with van der Waals surface area (Å²) >= 11 is 12.6. The van der Waals surface area contributed by atoms with Crippen LogP contribution < -0.4 is 4.90 Å². The molecular formula is C18H16Cl2N2O. The quantitative estimate of drug-likeness (QED) is 0.838. The van der Waals surface area contributed by atoms with Crippen LogP contribution in [0.4, 0.5) is 5.69 Å². The standard InChI is InChI=1S/C18H16Cl2N2O/c19-14-8-5-7-13(16(14)20)18(23)12-6-1-2-9-15(12)22-11-4-3-10-21-17(18)22/h1-2,5-9,23H,3-4,10-11H2. The van der Waals surface area contributed by atoms with Crippen molar-refractivity contribution < 1.29 is 5.11 Å². The summed E-state index contributed by atoms with van der Waals surface area (Å²) in [4.78, 5) is 6.80. The van der Waals surface area contributed by atoms with Gasteiger partial charge in [0.15, 0.2) is 5.60 Å². The van der Waals surface area contributed by atoms with Crippen LogP contribution >= 0.6 is 23.2 Å². The fourth-order valence-electron chi connectivity index (χ4n) is 3.49. The lowest BCUT2D eigenvalue weighted by Gasteiger charge is -2.28. The second-order valence-electron chi connectivity index (χ2n) is 5.89. The first kappa shape index (κ1) is 15.0. The van der Waals surface area contributed by atoms with Gasteiger partial charge in [0.05, 0.1) is 10.0 Å². The molecule has 1 N–H and O–H groups in total. The molecule has 0 aromatic heterocycles. The number of aliphatic hydroxyl groups is 1. The third-order valence-corrected chi connectivity index (χ3v) is 5.38. The van der Waals surface area contributed by atoms with Crippen molar-refractivity contribution in [2.24, 2.45) is 4.99 Å². The molecule has 0 radical (unpaired) electrons. The summed E-state index contributed by atoms with van der Waals surface area (Å²) in [6, 6.07) is 13.2. The molecule has 5 heteroatoms. The van der Waals surface area contributed by atoms with Gasteiger partial charge >= 0.3 is 0 Å². The first-order chi connectivity index (χ1) is 11.1. The van der Waals surface area contributed by atoms with Gasteiger partial charge in [-0.1, -0.05) is 53.5 Å². The molecule has 0 saturated carbocycles. The Kier molecular flexibility index (Phi) is 3.60. The van der Waals surface area contributed by atoms with Crippen LogP contribution in [0.25, 0.3) is 0 Å². The number of anilines is 1. The summed E-state index contributed by atoms with van der Waals surface area (Å²) in [6.45, 7) is 1.55. The third kappa shape index (κ3) is 2.11. The molecule has 4 rings (SSSR count). The summed E-state index contributed by atoms with van der Waals surface area (Å²) in [7, 11) is 0. The molecule has 2 aromatic carbocycles. The smallest absolute Gasteiger partial charge is 0.176 e. The number of fused-ring (bicyclic) bond motifs is 3. The van der Waals surface area contributed by atoms with E-state index in [2.05, 4.69) is 4.90 Å². The Morgan fingerprint density at radius 2 is 1.78 bits per heavy atom. The number of benzene rings is 2. The van der Waals surface area contributed by atoms with Crippen LogP contribution in [-0.2, 0) is 5.60 Å². The number of aliphatic imine (C=N–C) groups is 1. The van der Waals surface area contributed by atoms with Crippen LogP contribution in [0.1, 0.15) is 24.0 Å². The molecule has 0 fully saturated rings. The monoisotopic (exact) mass is 346 g/mol. The molecule has 2 heterocycles. The molecule has 23 heavy (non-hydrogen) atoms. The summed E-state index contributed by atoms with van der Waals surface area (Å²) in [6.07, 6.45) is 2.06. The first-order valence-corrected chi connectivity index (χ1v) is 8.48. The molecule has 118 valence electrons. The minimum atomic E-state index is -1.36. The van der Waals surface area contributed by atoms with Crippen molar-refractivity contribution in [3.05, 3.63) is 63.6 Å². The average molecular weight is 347 g/mol. The number of hydrogen-bond donors (Lipinski definition) is 1. The Bertz CT molecular complexity index is 805. The molecular weight excluding hydrogens is 331 g/mol. The van der Waals surface area contributed by atoms with E-state index in [9.17, 15) is 5.11 Å². The minimum Gasteiger partial charge on any atom is -0.373 e. The van der Waals surface area contributed by atoms with E-state index in [0.717, 1.165) is 30.6 Å². The Morgan fingerprint density at radius 3 is 2.65 bits per heavy atom. The summed E-state index contributed by atoms with van der Waals surface area (Å²) in [5.41, 5.74) is 1.03. The van der Waals surface area contributed by atoms with Gasteiger partial charge in [-0.3, -0.25) is 4.99 Å². The molecule has 1 atom stereocenters. The minimum absolute atomic E-state index is 0.375. The van der Waals surface area contributed by atoms with E-state index in [-0.39, 0.29) is 0 Å². The molecule has 0 amide bonds. The highest BCUT2D eigenvalue weighted by Crippen LogP contribution is 2.48. The maximum Gasteiger partial charge on any atom is 0.176 e. The lowest BCUT2D eigenvalue weighted by Crippen LogP contribution is -2.41. The molecule has 2 aliphatic heterocycles. The van der Waals surface area contributed by atoms with Gasteiger partial charge in [0.1, 0.15) is 5.84 Å². The maximum absolute atomic E-state index is 11.7. The van der Waals surface area contributed by atoms with Gasteiger partial charge in [-0.15, -0.1) is 0 Å². The van der Waals surface area contributed by atoms with E-state index in [1.807, 2.05) is 36.4 Å². The predicted molar refractivity (Wildman–Crippen MR) is 94.8 cm³/mol.